The molecule has 0 radical (unpaired) electrons. The van der Waals surface area contributed by atoms with Crippen LogP contribution in [-0.4, -0.2) is 39.5 Å². The average molecular weight is 239 g/mol. The molecule has 1 aliphatic rings. The van der Waals surface area contributed by atoms with Crippen LogP contribution < -0.4 is 5.32 Å². The van der Waals surface area contributed by atoms with Gasteiger partial charge in [-0.15, -0.1) is 5.10 Å². The molecule has 0 bridgehead atoms. The van der Waals surface area contributed by atoms with E-state index in [0.717, 1.165) is 31.8 Å². The molecule has 1 fully saturated rings. The third kappa shape index (κ3) is 2.32. The maximum absolute atomic E-state index is 5.64. The summed E-state index contributed by atoms with van der Waals surface area (Å²) in [4.78, 5) is 0. The molecular formula is C11H21N5O. The summed E-state index contributed by atoms with van der Waals surface area (Å²) in [7, 11) is 0. The number of tetrazole rings is 1. The molecule has 96 valence electrons. The topological polar surface area (TPSA) is 64.9 Å². The molecule has 0 amide bonds. The van der Waals surface area contributed by atoms with Crippen molar-refractivity contribution < 1.29 is 4.74 Å². The summed E-state index contributed by atoms with van der Waals surface area (Å²) in [5, 5.41) is 15.4. The summed E-state index contributed by atoms with van der Waals surface area (Å²) < 4.78 is 7.56. The van der Waals surface area contributed by atoms with Crippen molar-refractivity contribution in [3.8, 4) is 0 Å². The Morgan fingerprint density at radius 3 is 3.06 bits per heavy atom. The largest absolute Gasteiger partial charge is 0.376 e. The van der Waals surface area contributed by atoms with Crippen molar-refractivity contribution in [3.05, 3.63) is 5.82 Å². The van der Waals surface area contributed by atoms with E-state index in [1.165, 1.54) is 0 Å². The molecule has 2 heterocycles. The number of ether oxygens (including phenoxy) is 1. The van der Waals surface area contributed by atoms with Gasteiger partial charge in [-0.3, -0.25) is 0 Å². The van der Waals surface area contributed by atoms with Gasteiger partial charge in [-0.2, -0.15) is 0 Å². The highest BCUT2D eigenvalue weighted by atomic mass is 16.5. The second-order valence-corrected chi connectivity index (χ2v) is 4.80. The Bertz CT molecular complexity index is 366. The van der Waals surface area contributed by atoms with Crippen LogP contribution in [0.1, 0.15) is 39.4 Å². The molecule has 2 rings (SSSR count). The molecule has 1 aromatic heterocycles. The van der Waals surface area contributed by atoms with Crippen LogP contribution >= 0.6 is 0 Å². The Balaban J connectivity index is 2.12. The van der Waals surface area contributed by atoms with Crippen molar-refractivity contribution in [1.29, 1.82) is 0 Å². The van der Waals surface area contributed by atoms with Crippen LogP contribution in [0.25, 0.3) is 0 Å². The predicted molar refractivity (Wildman–Crippen MR) is 63.5 cm³/mol. The minimum Gasteiger partial charge on any atom is -0.376 e. The monoisotopic (exact) mass is 239 g/mol. The van der Waals surface area contributed by atoms with E-state index >= 15 is 0 Å². The third-order valence-corrected chi connectivity index (χ3v) is 3.58. The van der Waals surface area contributed by atoms with Crippen molar-refractivity contribution in [3.63, 3.8) is 0 Å². The first-order valence-corrected chi connectivity index (χ1v) is 6.28. The predicted octanol–water partition coefficient (Wildman–Crippen LogP) is 0.697. The molecule has 0 spiro atoms. The van der Waals surface area contributed by atoms with Crippen molar-refractivity contribution in [1.82, 2.24) is 25.5 Å². The van der Waals surface area contributed by atoms with Gasteiger partial charge in [0.05, 0.1) is 18.2 Å². The fraction of sp³-hybridized carbons (Fsp3) is 0.909. The molecule has 2 atom stereocenters. The number of rotatable bonds is 5. The van der Waals surface area contributed by atoms with Gasteiger partial charge in [0.15, 0.2) is 5.82 Å². The van der Waals surface area contributed by atoms with Crippen LogP contribution in [0.15, 0.2) is 0 Å². The van der Waals surface area contributed by atoms with Crippen LogP contribution in [0, 0.1) is 0 Å². The fourth-order valence-corrected chi connectivity index (χ4v) is 2.19. The summed E-state index contributed by atoms with van der Waals surface area (Å²) in [5.74, 6) is 0.887. The Morgan fingerprint density at radius 2 is 2.41 bits per heavy atom. The first-order valence-electron chi connectivity index (χ1n) is 6.28. The summed E-state index contributed by atoms with van der Waals surface area (Å²) in [6.45, 7) is 8.85. The van der Waals surface area contributed by atoms with Crippen molar-refractivity contribution in [2.75, 3.05) is 13.2 Å². The lowest BCUT2D eigenvalue weighted by Crippen LogP contribution is -2.39. The highest BCUT2D eigenvalue weighted by Crippen LogP contribution is 2.32. The van der Waals surface area contributed by atoms with Gasteiger partial charge in [0.2, 0.25) is 0 Å². The van der Waals surface area contributed by atoms with E-state index in [9.17, 15) is 0 Å². The van der Waals surface area contributed by atoms with E-state index < -0.39 is 0 Å². The minimum absolute atomic E-state index is 0.118. The van der Waals surface area contributed by atoms with Gasteiger partial charge in [-0.25, -0.2) is 4.68 Å². The van der Waals surface area contributed by atoms with Crippen molar-refractivity contribution in [2.45, 2.75) is 51.8 Å². The zero-order valence-corrected chi connectivity index (χ0v) is 10.8. The molecule has 17 heavy (non-hydrogen) atoms. The lowest BCUT2D eigenvalue weighted by atomic mass is 9.95. The molecule has 1 aliphatic heterocycles. The number of nitrogens with zero attached hydrogens (tertiary/aromatic N) is 4. The summed E-state index contributed by atoms with van der Waals surface area (Å²) >= 11 is 0. The number of hydrogen-bond donors (Lipinski definition) is 1. The summed E-state index contributed by atoms with van der Waals surface area (Å²) in [5.41, 5.74) is -0.118. The SMILES string of the molecule is CCCNCc1nnnn1C1(C)CCOC1C. The van der Waals surface area contributed by atoms with Crippen LogP contribution in [-0.2, 0) is 16.8 Å². The van der Waals surface area contributed by atoms with Gasteiger partial charge >= 0.3 is 0 Å². The second kappa shape index (κ2) is 5.10. The molecule has 0 aromatic carbocycles. The van der Waals surface area contributed by atoms with Crippen molar-refractivity contribution >= 4 is 0 Å². The standard InChI is InChI=1S/C11H21N5O/c1-4-6-12-8-10-13-14-15-16(10)11(3)5-7-17-9(11)2/h9,12H,4-8H2,1-3H3. The second-order valence-electron chi connectivity index (χ2n) is 4.80. The van der Waals surface area contributed by atoms with Crippen LogP contribution in [0.4, 0.5) is 0 Å². The summed E-state index contributed by atoms with van der Waals surface area (Å²) in [6, 6.07) is 0. The lowest BCUT2D eigenvalue weighted by molar-refractivity contribution is 0.0683. The van der Waals surface area contributed by atoms with E-state index in [2.05, 4.69) is 41.6 Å². The first kappa shape index (κ1) is 12.4. The Morgan fingerprint density at radius 1 is 1.59 bits per heavy atom. The Hall–Kier alpha value is -1.01. The van der Waals surface area contributed by atoms with Crippen LogP contribution in [0.5, 0.6) is 0 Å². The zero-order chi connectivity index (χ0) is 12.3. The van der Waals surface area contributed by atoms with Gasteiger partial charge in [-0.05, 0) is 43.7 Å². The quantitative estimate of drug-likeness (QED) is 0.766. The molecule has 6 nitrogen and oxygen atoms in total. The molecule has 1 saturated heterocycles. The Kier molecular flexibility index (Phi) is 3.73. The van der Waals surface area contributed by atoms with Crippen LogP contribution in [0.3, 0.4) is 0 Å². The maximum Gasteiger partial charge on any atom is 0.165 e. The number of nitrogens with one attached hydrogen (secondary N) is 1. The van der Waals surface area contributed by atoms with Gasteiger partial charge < -0.3 is 10.1 Å². The number of aromatic nitrogens is 4. The first-order chi connectivity index (χ1) is 8.18. The highest BCUT2D eigenvalue weighted by molar-refractivity contribution is 4.96. The van der Waals surface area contributed by atoms with Gasteiger partial charge in [0, 0.05) is 6.61 Å². The lowest BCUT2D eigenvalue weighted by Gasteiger charge is -2.28. The molecule has 1 aromatic rings. The van der Waals surface area contributed by atoms with E-state index in [1.807, 2.05) is 4.68 Å². The summed E-state index contributed by atoms with van der Waals surface area (Å²) in [6.07, 6.45) is 2.22. The molecule has 0 saturated carbocycles. The molecule has 1 N–H and O–H groups in total. The van der Waals surface area contributed by atoms with Gasteiger partial charge in [0.25, 0.3) is 0 Å². The van der Waals surface area contributed by atoms with E-state index in [4.69, 9.17) is 4.74 Å². The smallest absolute Gasteiger partial charge is 0.165 e. The van der Waals surface area contributed by atoms with Gasteiger partial charge in [-0.1, -0.05) is 6.92 Å². The Labute approximate surface area is 102 Å². The minimum atomic E-state index is -0.118. The van der Waals surface area contributed by atoms with Gasteiger partial charge in [0.1, 0.15) is 0 Å². The van der Waals surface area contributed by atoms with E-state index in [0.29, 0.717) is 6.54 Å². The normalized spacial score (nSPS) is 28.8. The molecule has 0 aliphatic carbocycles. The molecule has 2 unspecified atom stereocenters. The van der Waals surface area contributed by atoms with E-state index in [1.54, 1.807) is 0 Å². The third-order valence-electron chi connectivity index (χ3n) is 3.58. The van der Waals surface area contributed by atoms with Crippen molar-refractivity contribution in [2.24, 2.45) is 0 Å². The highest BCUT2D eigenvalue weighted by Gasteiger charge is 2.41. The molecule has 6 heteroatoms. The fourth-order valence-electron chi connectivity index (χ4n) is 2.19. The van der Waals surface area contributed by atoms with Crippen LogP contribution in [0.2, 0.25) is 0 Å². The number of hydrogen-bond acceptors (Lipinski definition) is 5. The average Bonchev–Trinajstić information content (AvgIpc) is 2.89. The molecular weight excluding hydrogens is 218 g/mol. The zero-order valence-electron chi connectivity index (χ0n) is 10.8. The van der Waals surface area contributed by atoms with E-state index in [-0.39, 0.29) is 11.6 Å². The maximum atomic E-state index is 5.64.